The van der Waals surface area contributed by atoms with Crippen molar-refractivity contribution in [2.24, 2.45) is 143 Å². The zero-order chi connectivity index (χ0) is 89.5. The molecule has 21 heteroatoms. The maximum Gasteiger partial charge on any atom is 0.395 e. The van der Waals surface area contributed by atoms with Gasteiger partial charge in [0.25, 0.3) is 0 Å². The fourth-order valence-electron chi connectivity index (χ4n) is 20.3. The first-order chi connectivity index (χ1) is 48.3. The molecule has 109 heavy (non-hydrogen) atoms. The van der Waals surface area contributed by atoms with Gasteiger partial charge in [0.05, 0.1) is 37.9 Å². The Bertz CT molecular complexity index is 2260. The van der Waals surface area contributed by atoms with Crippen LogP contribution in [0.3, 0.4) is 0 Å². The zero-order valence-corrected chi connectivity index (χ0v) is 76.4. The van der Waals surface area contributed by atoms with Gasteiger partial charge in [-0.2, -0.15) is 92.2 Å². The van der Waals surface area contributed by atoms with Crippen LogP contribution in [0.1, 0.15) is 380 Å². The minimum absolute atomic E-state index is 0.0154. The molecule has 0 N–H and O–H groups in total. The van der Waals surface area contributed by atoms with E-state index in [1.54, 1.807) is 62.3 Å². The van der Waals surface area contributed by atoms with Crippen LogP contribution >= 0.6 is 0 Å². The summed E-state index contributed by atoms with van der Waals surface area (Å²) >= 11 is 0. The van der Waals surface area contributed by atoms with Crippen LogP contribution in [-0.4, -0.2) is 43.2 Å². The van der Waals surface area contributed by atoms with Gasteiger partial charge in [0.1, 0.15) is 0 Å². The molecule has 3 atom stereocenters. The highest BCUT2D eigenvalue weighted by molar-refractivity contribution is 5.06. The van der Waals surface area contributed by atoms with Gasteiger partial charge in [-0.05, 0) is 163 Å². The first-order valence-electron chi connectivity index (χ1n) is 41.7. The predicted octanol–water partition coefficient (Wildman–Crippen LogP) is 36.0. The van der Waals surface area contributed by atoms with Crippen LogP contribution in [-0.2, 0) is 0 Å². The van der Waals surface area contributed by atoms with E-state index in [4.69, 9.17) is 0 Å². The van der Waals surface area contributed by atoms with Crippen LogP contribution in [0.25, 0.3) is 0 Å². The summed E-state index contributed by atoms with van der Waals surface area (Å²) in [5.74, 6) is -2.91. The van der Waals surface area contributed by atoms with Crippen molar-refractivity contribution in [3.8, 4) is 0 Å². The van der Waals surface area contributed by atoms with Crippen molar-refractivity contribution < 1.29 is 92.2 Å². The molecule has 0 nitrogen and oxygen atoms in total. The predicted molar refractivity (Wildman–Crippen MR) is 420 cm³/mol. The molecule has 666 valence electrons. The summed E-state index contributed by atoms with van der Waals surface area (Å²) in [5.41, 5.74) is -13.1. The molecule has 0 aromatic heterocycles. The molecule has 0 aromatic rings. The second-order valence-electron chi connectivity index (χ2n) is 37.6. The van der Waals surface area contributed by atoms with Crippen molar-refractivity contribution in [1.82, 2.24) is 0 Å². The maximum absolute atomic E-state index is 14.0. The minimum atomic E-state index is -4.18. The maximum atomic E-state index is 14.0. The fourth-order valence-corrected chi connectivity index (χ4v) is 20.3. The quantitative estimate of drug-likeness (QED) is 0.0629. The molecule has 0 saturated heterocycles. The summed E-state index contributed by atoms with van der Waals surface area (Å²) in [6.07, 6.45) is -19.8. The average Bonchev–Trinajstić information content (AvgIpc) is 1.14. The second-order valence-corrected chi connectivity index (χ2v) is 37.6. The first-order valence-corrected chi connectivity index (χ1v) is 41.7. The number of rotatable bonds is 30. The molecule has 1 aliphatic carbocycles. The van der Waals surface area contributed by atoms with E-state index in [0.717, 1.165) is 12.8 Å². The standard InChI is InChI=1S/C17H33F3.C15H29F3.2C13H25F3.C12H23F3.C11H21F3.C7H11F3/c1-10(2)14(11(3)4)16(9,17(18,19)20)15(12(5)6)13(7)8;1-8-12(5,9-2)14(7,15(16,17)18)13(6,10-3)11-4;1-8(2)11(9(3)4)12(7,10(5)6)13(14,15)16;1-6-10(7-2)12(5,13(14,15)16)11(8-3)9-4;1-7-10(5,8-2)11(6,9(3)4)12(13,14)15;1-6-9(7-2)10(5,8(3)4)11(12,13)14;1-6(7(8,9)10)4-2-3-5-6/h10-15H,1-9H3;8-11H2,1-7H3;8-11H,1-7H3;10-11H,6-9H2,1-5H3;9H,7-8H2,1-6H3;8-9H,6-7H2,1-5H3;2-5H2,1H3/t;;12-;;11-;10-;/m..0.00./s1. The van der Waals surface area contributed by atoms with E-state index in [1.165, 1.54) is 48.5 Å². The van der Waals surface area contributed by atoms with Gasteiger partial charge >= 0.3 is 43.2 Å². The van der Waals surface area contributed by atoms with E-state index < -0.39 is 109 Å². The van der Waals surface area contributed by atoms with E-state index in [-0.39, 0.29) is 76.9 Å². The molecule has 1 saturated carbocycles. The lowest BCUT2D eigenvalue weighted by Gasteiger charge is -2.57. The normalized spacial score (nSPS) is 16.8. The Morgan fingerprint density at radius 2 is 0.450 bits per heavy atom. The molecule has 0 amide bonds. The lowest BCUT2D eigenvalue weighted by atomic mass is 9.49. The summed E-state index contributed by atoms with van der Waals surface area (Å²) in [4.78, 5) is 0. The van der Waals surface area contributed by atoms with E-state index in [0.29, 0.717) is 89.9 Å². The molecule has 0 aliphatic heterocycles. The van der Waals surface area contributed by atoms with Gasteiger partial charge in [0.15, 0.2) is 0 Å². The van der Waals surface area contributed by atoms with Gasteiger partial charge in [0, 0.05) is 0 Å². The fraction of sp³-hybridized carbons (Fsp3) is 1.00. The second kappa shape index (κ2) is 45.5. The first kappa shape index (κ1) is 118. The molecular weight excluding hydrogens is 1460 g/mol. The van der Waals surface area contributed by atoms with Crippen LogP contribution in [0.5, 0.6) is 0 Å². The minimum Gasteiger partial charge on any atom is -0.171 e. The van der Waals surface area contributed by atoms with E-state index in [1.807, 2.05) is 166 Å². The Morgan fingerprint density at radius 3 is 0.550 bits per heavy atom. The summed E-state index contributed by atoms with van der Waals surface area (Å²) in [6.45, 7) is 70.3. The van der Waals surface area contributed by atoms with Crippen LogP contribution in [0.4, 0.5) is 92.2 Å². The van der Waals surface area contributed by atoms with Crippen LogP contribution in [0.2, 0.25) is 0 Å². The highest BCUT2D eigenvalue weighted by Crippen LogP contribution is 2.66. The molecule has 0 aromatic carbocycles. The van der Waals surface area contributed by atoms with Crippen molar-refractivity contribution in [3.05, 3.63) is 0 Å². The summed E-state index contributed by atoms with van der Waals surface area (Å²) in [5, 5.41) is 0. The Balaban J connectivity index is -0.000000286. The molecular formula is C88H167F21. The zero-order valence-electron chi connectivity index (χ0n) is 76.4. The number of hydrogen-bond acceptors (Lipinski definition) is 0. The van der Waals surface area contributed by atoms with Crippen molar-refractivity contribution in [3.63, 3.8) is 0 Å². The molecule has 0 heterocycles. The molecule has 1 aliphatic rings. The summed E-state index contributed by atoms with van der Waals surface area (Å²) in [6, 6.07) is 0. The molecule has 1 fully saturated rings. The number of alkyl halides is 21. The third-order valence-corrected chi connectivity index (χ3v) is 29.8. The summed E-state index contributed by atoms with van der Waals surface area (Å²) < 4.78 is 279. The van der Waals surface area contributed by atoms with Crippen molar-refractivity contribution >= 4 is 0 Å². The average molecular weight is 1620 g/mol. The highest BCUT2D eigenvalue weighted by atomic mass is 19.4. The SMILES string of the molecule is CC(C)C(C(C)C)C(C)(C(C(C)C)C(C)C)C(F)(F)F.CC(C)C(C(C)C)[C@](C)(C(C)C)C(F)(F)F.CC1(C(F)(F)F)CCCC1.CCC(C)(CC)C(C)(C(F)(F)F)C(C)(CC)CC.CCC(C)(CC)[C@](C)(C(C)C)C(F)(F)F.CCC(CC)C(C)(C(CC)CC)C(F)(F)F.CCC(CC)[C@](C)(C(C)C)C(F)(F)F. The van der Waals surface area contributed by atoms with Crippen LogP contribution in [0.15, 0.2) is 0 Å². The molecule has 0 radical (unpaired) electrons. The Kier molecular flexibility index (Phi) is 49.4. The van der Waals surface area contributed by atoms with Crippen molar-refractivity contribution in [2.45, 2.75) is 423 Å². The highest BCUT2D eigenvalue weighted by Gasteiger charge is 2.68. The van der Waals surface area contributed by atoms with Gasteiger partial charge in [0.2, 0.25) is 0 Å². The lowest BCUT2D eigenvalue weighted by Crippen LogP contribution is -2.57. The van der Waals surface area contributed by atoms with Gasteiger partial charge in [-0.25, -0.2) is 0 Å². The largest absolute Gasteiger partial charge is 0.395 e. The third-order valence-electron chi connectivity index (χ3n) is 29.8. The Labute approximate surface area is 655 Å². The Morgan fingerprint density at radius 1 is 0.248 bits per heavy atom. The lowest BCUT2D eigenvalue weighted by molar-refractivity contribution is -0.301. The third kappa shape index (κ3) is 27.6. The molecule has 1 rings (SSSR count). The summed E-state index contributed by atoms with van der Waals surface area (Å²) in [7, 11) is 0. The number of hydrogen-bond donors (Lipinski definition) is 0. The van der Waals surface area contributed by atoms with E-state index >= 15 is 0 Å². The molecule has 0 unspecified atom stereocenters. The topological polar surface area (TPSA) is 0 Å². The van der Waals surface area contributed by atoms with Gasteiger partial charge in [-0.1, -0.05) is 321 Å². The smallest absolute Gasteiger partial charge is 0.171 e. The van der Waals surface area contributed by atoms with E-state index in [2.05, 4.69) is 0 Å². The van der Waals surface area contributed by atoms with Crippen molar-refractivity contribution in [1.29, 1.82) is 0 Å². The molecule has 0 spiro atoms. The molecule has 0 bridgehead atoms. The Hall–Kier alpha value is -1.47. The monoisotopic (exact) mass is 1620 g/mol. The van der Waals surface area contributed by atoms with Gasteiger partial charge in [-0.3, -0.25) is 0 Å². The van der Waals surface area contributed by atoms with E-state index in [9.17, 15) is 92.2 Å². The van der Waals surface area contributed by atoms with Crippen LogP contribution in [0, 0.1) is 143 Å². The number of halogens is 21. The van der Waals surface area contributed by atoms with Crippen molar-refractivity contribution in [2.75, 3.05) is 0 Å². The van der Waals surface area contributed by atoms with Gasteiger partial charge < -0.3 is 0 Å². The van der Waals surface area contributed by atoms with Gasteiger partial charge in [-0.15, -0.1) is 0 Å². The van der Waals surface area contributed by atoms with Crippen LogP contribution < -0.4 is 0 Å².